The van der Waals surface area contributed by atoms with Crippen LogP contribution in [-0.2, 0) is 17.8 Å². The van der Waals surface area contributed by atoms with Crippen molar-refractivity contribution in [2.45, 2.75) is 13.0 Å². The number of fused-ring (bicyclic) bond motifs is 1. The standard InChI is InChI=1S/C28H28N4O/c33-27(20-24-9-4-8-23-10-5-15-29-28(23)24)30-25-11-13-26(14-12-25)32-18-16-31(17-19-32)21-22-6-2-1-3-7-22/h1-15H,16-21H2,(H,30,33). The maximum atomic E-state index is 12.6. The van der Waals surface area contributed by atoms with Gasteiger partial charge in [-0.3, -0.25) is 14.7 Å². The van der Waals surface area contributed by atoms with Crippen LogP contribution >= 0.6 is 0 Å². The quantitative estimate of drug-likeness (QED) is 0.474. The van der Waals surface area contributed by atoms with E-state index in [4.69, 9.17) is 0 Å². The molecule has 1 amide bonds. The minimum absolute atomic E-state index is 0.0320. The highest BCUT2D eigenvalue weighted by Crippen LogP contribution is 2.21. The number of benzene rings is 3. The predicted octanol–water partition coefficient (Wildman–Crippen LogP) is 4.74. The molecular weight excluding hydrogens is 408 g/mol. The van der Waals surface area contributed by atoms with Gasteiger partial charge in [-0.1, -0.05) is 54.6 Å². The molecule has 5 heteroatoms. The third-order valence-corrected chi connectivity index (χ3v) is 6.20. The third kappa shape index (κ3) is 5.21. The molecule has 33 heavy (non-hydrogen) atoms. The van der Waals surface area contributed by atoms with E-state index in [-0.39, 0.29) is 5.91 Å². The zero-order chi connectivity index (χ0) is 22.5. The second kappa shape index (κ2) is 9.84. The van der Waals surface area contributed by atoms with Crippen LogP contribution < -0.4 is 10.2 Å². The third-order valence-electron chi connectivity index (χ3n) is 6.20. The van der Waals surface area contributed by atoms with Crippen molar-refractivity contribution in [1.82, 2.24) is 9.88 Å². The number of amides is 1. The molecule has 166 valence electrons. The highest BCUT2D eigenvalue weighted by Gasteiger charge is 2.17. The number of nitrogens with one attached hydrogen (secondary N) is 1. The van der Waals surface area contributed by atoms with Gasteiger partial charge in [0.1, 0.15) is 0 Å². The Balaban J connectivity index is 1.15. The molecule has 1 fully saturated rings. The Morgan fingerprint density at radius 3 is 2.36 bits per heavy atom. The summed E-state index contributed by atoms with van der Waals surface area (Å²) in [5.41, 5.74) is 5.21. The zero-order valence-electron chi connectivity index (χ0n) is 18.7. The van der Waals surface area contributed by atoms with Crippen molar-refractivity contribution in [1.29, 1.82) is 0 Å². The molecule has 0 bridgehead atoms. The Labute approximate surface area is 194 Å². The molecule has 0 atom stereocenters. The molecule has 1 aliphatic rings. The van der Waals surface area contributed by atoms with Crippen LogP contribution in [0.25, 0.3) is 10.9 Å². The lowest BCUT2D eigenvalue weighted by atomic mass is 10.1. The first-order valence-electron chi connectivity index (χ1n) is 11.5. The minimum atomic E-state index is -0.0320. The van der Waals surface area contributed by atoms with E-state index in [1.54, 1.807) is 6.20 Å². The van der Waals surface area contributed by atoms with E-state index in [9.17, 15) is 4.79 Å². The SMILES string of the molecule is O=C(Cc1cccc2cccnc12)Nc1ccc(N2CCN(Cc3ccccc3)CC2)cc1. The molecule has 0 saturated carbocycles. The smallest absolute Gasteiger partial charge is 0.228 e. The fraction of sp³-hybridized carbons (Fsp3) is 0.214. The maximum absolute atomic E-state index is 12.6. The first kappa shape index (κ1) is 21.2. The summed E-state index contributed by atoms with van der Waals surface area (Å²) in [6.07, 6.45) is 2.07. The van der Waals surface area contributed by atoms with Gasteiger partial charge in [-0.2, -0.15) is 0 Å². The highest BCUT2D eigenvalue weighted by atomic mass is 16.1. The van der Waals surface area contributed by atoms with Crippen LogP contribution in [0.3, 0.4) is 0 Å². The molecule has 0 unspecified atom stereocenters. The molecule has 1 saturated heterocycles. The van der Waals surface area contributed by atoms with E-state index in [1.807, 2.05) is 42.5 Å². The minimum Gasteiger partial charge on any atom is -0.369 e. The summed E-state index contributed by atoms with van der Waals surface area (Å²) < 4.78 is 0. The van der Waals surface area contributed by atoms with Gasteiger partial charge in [0.05, 0.1) is 11.9 Å². The van der Waals surface area contributed by atoms with Gasteiger partial charge in [0.15, 0.2) is 0 Å². The van der Waals surface area contributed by atoms with Gasteiger partial charge in [-0.15, -0.1) is 0 Å². The van der Waals surface area contributed by atoms with Gasteiger partial charge in [-0.05, 0) is 41.5 Å². The van der Waals surface area contributed by atoms with Crippen molar-refractivity contribution >= 4 is 28.2 Å². The Morgan fingerprint density at radius 1 is 0.818 bits per heavy atom. The largest absolute Gasteiger partial charge is 0.369 e. The summed E-state index contributed by atoms with van der Waals surface area (Å²) in [4.78, 5) is 22.0. The van der Waals surface area contributed by atoms with Crippen LogP contribution in [0.1, 0.15) is 11.1 Å². The number of para-hydroxylation sites is 1. The van der Waals surface area contributed by atoms with Gasteiger partial charge in [0.2, 0.25) is 5.91 Å². The average Bonchev–Trinajstić information content (AvgIpc) is 2.86. The lowest BCUT2D eigenvalue weighted by Gasteiger charge is -2.36. The number of aromatic nitrogens is 1. The van der Waals surface area contributed by atoms with Crippen molar-refractivity contribution in [3.63, 3.8) is 0 Å². The first-order chi connectivity index (χ1) is 16.2. The average molecular weight is 437 g/mol. The molecule has 5 rings (SSSR count). The van der Waals surface area contributed by atoms with E-state index in [0.717, 1.165) is 54.9 Å². The summed E-state index contributed by atoms with van der Waals surface area (Å²) in [6, 6.07) is 28.7. The first-order valence-corrected chi connectivity index (χ1v) is 11.5. The lowest BCUT2D eigenvalue weighted by Crippen LogP contribution is -2.45. The molecule has 5 nitrogen and oxygen atoms in total. The Bertz CT molecular complexity index is 1210. The molecule has 0 spiro atoms. The Hall–Kier alpha value is -3.70. The topological polar surface area (TPSA) is 48.5 Å². The molecule has 0 aliphatic carbocycles. The molecule has 2 heterocycles. The van der Waals surface area contributed by atoms with Crippen LogP contribution in [-0.4, -0.2) is 42.0 Å². The van der Waals surface area contributed by atoms with E-state index in [1.165, 1.54) is 11.3 Å². The van der Waals surface area contributed by atoms with Gasteiger partial charge in [-0.25, -0.2) is 0 Å². The number of piperazine rings is 1. The summed E-state index contributed by atoms with van der Waals surface area (Å²) >= 11 is 0. The van der Waals surface area contributed by atoms with E-state index in [2.05, 4.69) is 62.6 Å². The number of carbonyl (C=O) groups excluding carboxylic acids is 1. The van der Waals surface area contributed by atoms with Gasteiger partial charge >= 0.3 is 0 Å². The second-order valence-corrected chi connectivity index (χ2v) is 8.51. The van der Waals surface area contributed by atoms with Crippen molar-refractivity contribution in [3.05, 3.63) is 102 Å². The van der Waals surface area contributed by atoms with Gasteiger partial charge in [0, 0.05) is 55.7 Å². The molecule has 1 aliphatic heterocycles. The summed E-state index contributed by atoms with van der Waals surface area (Å²) in [5, 5.41) is 4.08. The number of nitrogens with zero attached hydrogens (tertiary/aromatic N) is 3. The fourth-order valence-electron chi connectivity index (χ4n) is 4.45. The van der Waals surface area contributed by atoms with Crippen molar-refractivity contribution in [2.75, 3.05) is 36.4 Å². The summed E-state index contributed by atoms with van der Waals surface area (Å²) in [7, 11) is 0. The van der Waals surface area contributed by atoms with Gasteiger partial charge in [0.25, 0.3) is 0 Å². The molecule has 1 N–H and O–H groups in total. The number of rotatable bonds is 6. The van der Waals surface area contributed by atoms with Crippen molar-refractivity contribution in [3.8, 4) is 0 Å². The van der Waals surface area contributed by atoms with Gasteiger partial charge < -0.3 is 10.2 Å². The number of pyridine rings is 1. The number of hydrogen-bond donors (Lipinski definition) is 1. The number of carbonyl (C=O) groups is 1. The summed E-state index contributed by atoms with van der Waals surface area (Å²) in [6.45, 7) is 5.12. The summed E-state index contributed by atoms with van der Waals surface area (Å²) in [5.74, 6) is -0.0320. The van der Waals surface area contributed by atoms with Crippen LogP contribution in [0.15, 0.2) is 91.1 Å². The van der Waals surface area contributed by atoms with Crippen LogP contribution in [0.5, 0.6) is 0 Å². The molecular formula is C28H28N4O. The van der Waals surface area contributed by atoms with Crippen LogP contribution in [0, 0.1) is 0 Å². The molecule has 3 aromatic carbocycles. The maximum Gasteiger partial charge on any atom is 0.228 e. The molecule has 0 radical (unpaired) electrons. The fourth-order valence-corrected chi connectivity index (χ4v) is 4.45. The van der Waals surface area contributed by atoms with Crippen LogP contribution in [0.2, 0.25) is 0 Å². The second-order valence-electron chi connectivity index (χ2n) is 8.51. The molecule has 1 aromatic heterocycles. The Morgan fingerprint density at radius 2 is 1.58 bits per heavy atom. The zero-order valence-corrected chi connectivity index (χ0v) is 18.7. The van der Waals surface area contributed by atoms with E-state index < -0.39 is 0 Å². The van der Waals surface area contributed by atoms with E-state index >= 15 is 0 Å². The van der Waals surface area contributed by atoms with Crippen LogP contribution in [0.4, 0.5) is 11.4 Å². The highest BCUT2D eigenvalue weighted by molar-refractivity contribution is 5.95. The van der Waals surface area contributed by atoms with Crippen molar-refractivity contribution in [2.24, 2.45) is 0 Å². The van der Waals surface area contributed by atoms with Crippen molar-refractivity contribution < 1.29 is 4.79 Å². The molecule has 4 aromatic rings. The lowest BCUT2D eigenvalue weighted by molar-refractivity contribution is -0.115. The normalized spacial score (nSPS) is 14.4. The monoisotopic (exact) mass is 436 g/mol. The number of hydrogen-bond acceptors (Lipinski definition) is 4. The van der Waals surface area contributed by atoms with E-state index in [0.29, 0.717) is 6.42 Å². The number of anilines is 2. The predicted molar refractivity (Wildman–Crippen MR) is 134 cm³/mol. The Kier molecular flexibility index (Phi) is 6.31.